The highest BCUT2D eigenvalue weighted by Gasteiger charge is 2.25. The van der Waals surface area contributed by atoms with E-state index in [9.17, 15) is 4.79 Å². The number of nitrogens with one attached hydrogen (secondary N) is 1. The number of hydrogen-bond acceptors (Lipinski definition) is 2. The van der Waals surface area contributed by atoms with Gasteiger partial charge >= 0.3 is 0 Å². The molecule has 2 aliphatic rings. The third kappa shape index (κ3) is 2.20. The largest absolute Gasteiger partial charge is 0.349 e. The van der Waals surface area contributed by atoms with E-state index < -0.39 is 0 Å². The van der Waals surface area contributed by atoms with E-state index in [0.29, 0.717) is 6.04 Å². The van der Waals surface area contributed by atoms with Crippen molar-refractivity contribution >= 4 is 17.2 Å². The Morgan fingerprint density at radius 1 is 1.17 bits per heavy atom. The van der Waals surface area contributed by atoms with Crippen LogP contribution in [0, 0.1) is 6.92 Å². The lowest BCUT2D eigenvalue weighted by Gasteiger charge is -2.15. The zero-order valence-corrected chi connectivity index (χ0v) is 11.9. The van der Waals surface area contributed by atoms with Gasteiger partial charge in [-0.2, -0.15) is 0 Å². The van der Waals surface area contributed by atoms with E-state index in [1.807, 2.05) is 11.3 Å². The molecule has 0 saturated heterocycles. The van der Waals surface area contributed by atoms with E-state index in [-0.39, 0.29) is 5.91 Å². The second-order valence-electron chi connectivity index (χ2n) is 5.60. The molecule has 1 saturated carbocycles. The van der Waals surface area contributed by atoms with E-state index in [1.54, 1.807) is 0 Å². The number of rotatable bonds is 2. The van der Waals surface area contributed by atoms with Crippen molar-refractivity contribution in [1.82, 2.24) is 5.32 Å². The average Bonchev–Trinajstić information content (AvgIpc) is 2.94. The molecule has 3 rings (SSSR count). The van der Waals surface area contributed by atoms with Crippen molar-refractivity contribution in [3.05, 3.63) is 20.9 Å². The fraction of sp³-hybridized carbons (Fsp3) is 0.667. The first-order chi connectivity index (χ1) is 8.75. The Bertz CT molecular complexity index is 457. The number of carbonyl (C=O) groups is 1. The second-order valence-corrected chi connectivity index (χ2v) is 6.91. The summed E-state index contributed by atoms with van der Waals surface area (Å²) in [4.78, 5) is 15.1. The first kappa shape index (κ1) is 12.2. The number of hydrogen-bond donors (Lipinski definition) is 1. The van der Waals surface area contributed by atoms with Crippen molar-refractivity contribution in [1.29, 1.82) is 0 Å². The molecule has 0 radical (unpaired) electrons. The first-order valence-corrected chi connectivity index (χ1v) is 7.99. The second kappa shape index (κ2) is 5.04. The quantitative estimate of drug-likeness (QED) is 0.867. The van der Waals surface area contributed by atoms with Gasteiger partial charge in [-0.25, -0.2) is 0 Å². The molecule has 0 atom stereocenters. The minimum Gasteiger partial charge on any atom is -0.349 e. The third-order valence-electron chi connectivity index (χ3n) is 4.26. The average molecular weight is 263 g/mol. The summed E-state index contributed by atoms with van der Waals surface area (Å²) >= 11 is 1.84. The van der Waals surface area contributed by atoms with Crippen LogP contribution in [0.2, 0.25) is 0 Å². The molecule has 0 aliphatic heterocycles. The molecule has 2 aliphatic carbocycles. The van der Waals surface area contributed by atoms with Crippen molar-refractivity contribution < 1.29 is 4.79 Å². The highest BCUT2D eigenvalue weighted by molar-refractivity contribution is 7.12. The van der Waals surface area contributed by atoms with Gasteiger partial charge in [-0.1, -0.05) is 12.8 Å². The molecule has 0 bridgehead atoms. The molecule has 98 valence electrons. The van der Waals surface area contributed by atoms with Gasteiger partial charge in [-0.05, 0) is 51.0 Å². The number of thiophene rings is 1. The van der Waals surface area contributed by atoms with E-state index in [0.717, 1.165) is 24.8 Å². The minimum atomic E-state index is 0.193. The lowest BCUT2D eigenvalue weighted by molar-refractivity contribution is 0.0936. The van der Waals surface area contributed by atoms with Crippen LogP contribution in [0.1, 0.15) is 64.2 Å². The van der Waals surface area contributed by atoms with Crippen molar-refractivity contribution in [2.45, 2.75) is 64.3 Å². The van der Waals surface area contributed by atoms with E-state index in [1.165, 1.54) is 47.4 Å². The smallest absolute Gasteiger partial charge is 0.252 e. The molecule has 2 nitrogen and oxygen atoms in total. The molecule has 1 N–H and O–H groups in total. The Labute approximate surface area is 113 Å². The third-order valence-corrected chi connectivity index (χ3v) is 5.47. The molecule has 1 amide bonds. The SMILES string of the molecule is Cc1sc2c(c1C(=O)NC1CCCC1)CCCC2. The molecule has 0 unspecified atom stereocenters. The van der Waals surface area contributed by atoms with E-state index >= 15 is 0 Å². The van der Waals surface area contributed by atoms with Crippen LogP contribution in [0.3, 0.4) is 0 Å². The fourth-order valence-electron chi connectivity index (χ4n) is 3.33. The van der Waals surface area contributed by atoms with Gasteiger partial charge in [-0.15, -0.1) is 11.3 Å². The van der Waals surface area contributed by atoms with Crippen LogP contribution >= 0.6 is 11.3 Å². The van der Waals surface area contributed by atoms with Crippen molar-refractivity contribution in [3.63, 3.8) is 0 Å². The van der Waals surface area contributed by atoms with Crippen LogP contribution in [-0.2, 0) is 12.8 Å². The Kier molecular flexibility index (Phi) is 3.42. The van der Waals surface area contributed by atoms with Gasteiger partial charge in [0.1, 0.15) is 0 Å². The van der Waals surface area contributed by atoms with Crippen LogP contribution < -0.4 is 5.32 Å². The maximum absolute atomic E-state index is 12.5. The predicted octanol–water partition coefficient (Wildman–Crippen LogP) is 3.61. The molecular formula is C15H21NOS. The van der Waals surface area contributed by atoms with Crippen LogP contribution in [0.5, 0.6) is 0 Å². The molecule has 3 heteroatoms. The van der Waals surface area contributed by atoms with Gasteiger partial charge in [0.05, 0.1) is 5.56 Å². The highest BCUT2D eigenvalue weighted by Crippen LogP contribution is 2.34. The number of fused-ring (bicyclic) bond motifs is 1. The van der Waals surface area contributed by atoms with E-state index in [2.05, 4.69) is 12.2 Å². The Morgan fingerprint density at radius 3 is 2.67 bits per heavy atom. The molecule has 1 aromatic rings. The summed E-state index contributed by atoms with van der Waals surface area (Å²) in [5.74, 6) is 0.193. The van der Waals surface area contributed by atoms with Crippen LogP contribution in [-0.4, -0.2) is 11.9 Å². The van der Waals surface area contributed by atoms with Gasteiger partial charge in [0.25, 0.3) is 5.91 Å². The fourth-order valence-corrected chi connectivity index (χ4v) is 4.59. The Hall–Kier alpha value is -0.830. The van der Waals surface area contributed by atoms with Crippen molar-refractivity contribution in [3.8, 4) is 0 Å². The Morgan fingerprint density at radius 2 is 1.89 bits per heavy atom. The summed E-state index contributed by atoms with van der Waals surface area (Å²) in [5, 5.41) is 3.24. The van der Waals surface area contributed by atoms with E-state index in [4.69, 9.17) is 0 Å². The number of amides is 1. The zero-order chi connectivity index (χ0) is 12.5. The minimum absolute atomic E-state index is 0.193. The summed E-state index contributed by atoms with van der Waals surface area (Å²) in [6, 6.07) is 0.427. The van der Waals surface area contributed by atoms with Gasteiger partial charge in [0.2, 0.25) is 0 Å². The van der Waals surface area contributed by atoms with Crippen LogP contribution in [0.15, 0.2) is 0 Å². The summed E-state index contributed by atoms with van der Waals surface area (Å²) in [6.45, 7) is 2.10. The van der Waals surface area contributed by atoms with Gasteiger partial charge in [-0.3, -0.25) is 4.79 Å². The lowest BCUT2D eigenvalue weighted by atomic mass is 9.94. The molecule has 18 heavy (non-hydrogen) atoms. The maximum Gasteiger partial charge on any atom is 0.252 e. The first-order valence-electron chi connectivity index (χ1n) is 7.17. The maximum atomic E-state index is 12.5. The van der Waals surface area contributed by atoms with Gasteiger partial charge < -0.3 is 5.32 Å². The molecule has 1 fully saturated rings. The Balaban J connectivity index is 1.82. The molecule has 1 heterocycles. The highest BCUT2D eigenvalue weighted by atomic mass is 32.1. The monoisotopic (exact) mass is 263 g/mol. The lowest BCUT2D eigenvalue weighted by Crippen LogP contribution is -2.33. The van der Waals surface area contributed by atoms with Crippen molar-refractivity contribution in [2.24, 2.45) is 0 Å². The molecule has 0 aromatic carbocycles. The van der Waals surface area contributed by atoms with Crippen molar-refractivity contribution in [2.75, 3.05) is 0 Å². The molecule has 1 aromatic heterocycles. The van der Waals surface area contributed by atoms with Gasteiger partial charge in [0.15, 0.2) is 0 Å². The topological polar surface area (TPSA) is 29.1 Å². The van der Waals surface area contributed by atoms with Crippen LogP contribution in [0.4, 0.5) is 0 Å². The number of aryl methyl sites for hydroxylation is 2. The number of carbonyl (C=O) groups excluding carboxylic acids is 1. The van der Waals surface area contributed by atoms with Gasteiger partial charge in [0, 0.05) is 15.8 Å². The zero-order valence-electron chi connectivity index (χ0n) is 11.1. The molecule has 0 spiro atoms. The normalized spacial score (nSPS) is 19.8. The standard InChI is InChI=1S/C15H21NOS/c1-10-14(12-8-4-5-9-13(12)18-10)15(17)16-11-6-2-3-7-11/h11H,2-9H2,1H3,(H,16,17). The summed E-state index contributed by atoms with van der Waals surface area (Å²) in [6.07, 6.45) is 9.68. The predicted molar refractivity (Wildman–Crippen MR) is 75.4 cm³/mol. The molecular weight excluding hydrogens is 242 g/mol. The summed E-state index contributed by atoms with van der Waals surface area (Å²) in [7, 11) is 0. The summed E-state index contributed by atoms with van der Waals surface area (Å²) in [5.41, 5.74) is 2.38. The summed E-state index contributed by atoms with van der Waals surface area (Å²) < 4.78 is 0. The van der Waals surface area contributed by atoms with Crippen LogP contribution in [0.25, 0.3) is 0 Å².